The Bertz CT molecular complexity index is 305. The molecule has 0 fully saturated rings. The number of ether oxygens (including phenoxy) is 1. The van der Waals surface area contributed by atoms with Gasteiger partial charge in [0.1, 0.15) is 6.04 Å². The molecule has 7 nitrogen and oxygen atoms in total. The van der Waals surface area contributed by atoms with E-state index >= 15 is 0 Å². The lowest BCUT2D eigenvalue weighted by Gasteiger charge is -2.20. The Morgan fingerprint density at radius 2 is 1.89 bits per heavy atom. The maximum absolute atomic E-state index is 11.7. The molecule has 0 bridgehead atoms. The fourth-order valence-corrected chi connectivity index (χ4v) is 1.32. The van der Waals surface area contributed by atoms with E-state index in [1.165, 1.54) is 0 Å². The van der Waals surface area contributed by atoms with Crippen LogP contribution in [0.1, 0.15) is 27.2 Å². The summed E-state index contributed by atoms with van der Waals surface area (Å²) in [5.41, 5.74) is 4.98. The van der Waals surface area contributed by atoms with Crippen molar-refractivity contribution in [2.45, 2.75) is 33.2 Å². The van der Waals surface area contributed by atoms with Gasteiger partial charge in [-0.3, -0.25) is 9.59 Å². The molecule has 1 atom stereocenters. The predicted molar refractivity (Wildman–Crippen MR) is 65.6 cm³/mol. The van der Waals surface area contributed by atoms with Gasteiger partial charge in [-0.25, -0.2) is 4.79 Å². The number of nitrogens with one attached hydrogen (secondary N) is 2. The molecule has 0 saturated heterocycles. The minimum atomic E-state index is -0.755. The fraction of sp³-hybridized carbons (Fsp3) is 0.727. The van der Waals surface area contributed by atoms with Gasteiger partial charge in [-0.15, -0.1) is 0 Å². The molecule has 4 N–H and O–H groups in total. The molecule has 0 spiro atoms. The van der Waals surface area contributed by atoms with Gasteiger partial charge in [0.05, 0.1) is 13.0 Å². The molecule has 0 aliphatic carbocycles. The van der Waals surface area contributed by atoms with Crippen molar-refractivity contribution in [1.29, 1.82) is 0 Å². The smallest absolute Gasteiger partial charge is 0.312 e. The van der Waals surface area contributed by atoms with E-state index in [1.807, 2.05) is 0 Å². The first-order valence-electron chi connectivity index (χ1n) is 5.87. The molecule has 3 amide bonds. The monoisotopic (exact) mass is 259 g/mol. The summed E-state index contributed by atoms with van der Waals surface area (Å²) in [6.07, 6.45) is 0.0982. The quantitative estimate of drug-likeness (QED) is 0.547. The molecule has 0 rings (SSSR count). The van der Waals surface area contributed by atoms with Crippen molar-refractivity contribution in [3.8, 4) is 0 Å². The minimum absolute atomic E-state index is 0.0971. The highest BCUT2D eigenvalue weighted by Gasteiger charge is 2.22. The van der Waals surface area contributed by atoms with Crippen LogP contribution in [0.15, 0.2) is 0 Å². The van der Waals surface area contributed by atoms with Crippen molar-refractivity contribution >= 4 is 17.9 Å². The lowest BCUT2D eigenvalue weighted by Crippen LogP contribution is -2.51. The Balaban J connectivity index is 4.11. The van der Waals surface area contributed by atoms with Gasteiger partial charge in [0.25, 0.3) is 0 Å². The van der Waals surface area contributed by atoms with Crippen LogP contribution in [0, 0.1) is 5.92 Å². The van der Waals surface area contributed by atoms with Gasteiger partial charge in [-0.05, 0) is 12.8 Å². The van der Waals surface area contributed by atoms with E-state index < -0.39 is 12.1 Å². The standard InChI is InChI=1S/C11H21N3O4/c1-4-18-8(15)5-6-13-10(16)9(7(2)3)14-11(12)17/h7,9H,4-6H2,1-3H3,(H,13,16)(H3,12,14,17). The largest absolute Gasteiger partial charge is 0.466 e. The molecule has 0 aliphatic heterocycles. The second kappa shape index (κ2) is 8.32. The van der Waals surface area contributed by atoms with Crippen LogP contribution in [-0.4, -0.2) is 37.1 Å². The lowest BCUT2D eigenvalue weighted by atomic mass is 10.0. The number of carbonyl (C=O) groups is 3. The van der Waals surface area contributed by atoms with Crippen molar-refractivity contribution in [2.24, 2.45) is 11.7 Å². The highest BCUT2D eigenvalue weighted by atomic mass is 16.5. The number of primary amides is 1. The summed E-state index contributed by atoms with van der Waals surface area (Å²) in [6, 6.07) is -1.46. The van der Waals surface area contributed by atoms with Gasteiger partial charge >= 0.3 is 12.0 Å². The molecule has 0 aliphatic rings. The van der Waals surface area contributed by atoms with Gasteiger partial charge in [-0.2, -0.15) is 0 Å². The molecule has 104 valence electrons. The van der Waals surface area contributed by atoms with Crippen LogP contribution in [0.25, 0.3) is 0 Å². The van der Waals surface area contributed by atoms with Crippen LogP contribution in [0.3, 0.4) is 0 Å². The Kier molecular flexibility index (Phi) is 7.50. The van der Waals surface area contributed by atoms with Crippen LogP contribution in [0.5, 0.6) is 0 Å². The van der Waals surface area contributed by atoms with Crippen LogP contribution >= 0.6 is 0 Å². The van der Waals surface area contributed by atoms with Crippen molar-refractivity contribution in [3.05, 3.63) is 0 Å². The average molecular weight is 259 g/mol. The van der Waals surface area contributed by atoms with Gasteiger partial charge in [0.15, 0.2) is 0 Å². The Morgan fingerprint density at radius 1 is 1.28 bits per heavy atom. The second-order valence-corrected chi connectivity index (χ2v) is 4.08. The summed E-state index contributed by atoms with van der Waals surface area (Å²) >= 11 is 0. The molecule has 0 aromatic heterocycles. The SMILES string of the molecule is CCOC(=O)CCNC(=O)C(NC(N)=O)C(C)C. The van der Waals surface area contributed by atoms with Crippen molar-refractivity contribution < 1.29 is 19.1 Å². The third kappa shape index (κ3) is 6.72. The fourth-order valence-electron chi connectivity index (χ4n) is 1.32. The van der Waals surface area contributed by atoms with Crippen LogP contribution in [0.4, 0.5) is 4.79 Å². The first kappa shape index (κ1) is 16.2. The van der Waals surface area contributed by atoms with E-state index in [2.05, 4.69) is 10.6 Å². The third-order valence-corrected chi connectivity index (χ3v) is 2.18. The molecule has 0 aromatic carbocycles. The highest BCUT2D eigenvalue weighted by molar-refractivity contribution is 5.87. The number of carbonyl (C=O) groups excluding carboxylic acids is 3. The highest BCUT2D eigenvalue weighted by Crippen LogP contribution is 2.01. The van der Waals surface area contributed by atoms with E-state index in [-0.39, 0.29) is 30.8 Å². The maximum Gasteiger partial charge on any atom is 0.312 e. The van der Waals surface area contributed by atoms with Crippen molar-refractivity contribution in [1.82, 2.24) is 10.6 Å². The van der Waals surface area contributed by atoms with Gasteiger partial charge in [0.2, 0.25) is 5.91 Å². The molecule has 0 heterocycles. The first-order valence-corrected chi connectivity index (χ1v) is 5.87. The van der Waals surface area contributed by atoms with Crippen molar-refractivity contribution in [3.63, 3.8) is 0 Å². The Morgan fingerprint density at radius 3 is 2.33 bits per heavy atom. The van der Waals surface area contributed by atoms with Crippen molar-refractivity contribution in [2.75, 3.05) is 13.2 Å². The zero-order valence-corrected chi connectivity index (χ0v) is 11.0. The summed E-state index contributed by atoms with van der Waals surface area (Å²) < 4.78 is 4.72. The van der Waals surface area contributed by atoms with Crippen LogP contribution in [0.2, 0.25) is 0 Å². The zero-order chi connectivity index (χ0) is 14.1. The number of rotatable bonds is 7. The number of hydrogen-bond acceptors (Lipinski definition) is 4. The lowest BCUT2D eigenvalue weighted by molar-refractivity contribution is -0.143. The van der Waals surface area contributed by atoms with Gasteiger partial charge in [0, 0.05) is 6.54 Å². The summed E-state index contributed by atoms with van der Waals surface area (Å²) in [5, 5.41) is 4.90. The van der Waals surface area contributed by atoms with E-state index in [0.717, 1.165) is 0 Å². The van der Waals surface area contributed by atoms with E-state index in [4.69, 9.17) is 10.5 Å². The predicted octanol–water partition coefficient (Wildman–Crippen LogP) is -0.251. The Labute approximate surface area is 106 Å². The number of hydrogen-bond donors (Lipinski definition) is 3. The number of esters is 1. The molecule has 0 saturated carbocycles. The van der Waals surface area contributed by atoms with Crippen LogP contribution in [-0.2, 0) is 14.3 Å². The molecular formula is C11H21N3O4. The number of nitrogens with two attached hydrogens (primary N) is 1. The molecule has 1 unspecified atom stereocenters. The summed E-state index contributed by atoms with van der Waals surface area (Å²) in [7, 11) is 0. The topological polar surface area (TPSA) is 111 Å². The zero-order valence-electron chi connectivity index (χ0n) is 11.0. The normalized spacial score (nSPS) is 11.8. The average Bonchev–Trinajstić information content (AvgIpc) is 2.25. The second-order valence-electron chi connectivity index (χ2n) is 4.08. The number of amides is 3. The van der Waals surface area contributed by atoms with Gasteiger partial charge in [-0.1, -0.05) is 13.8 Å². The maximum atomic E-state index is 11.7. The van der Waals surface area contributed by atoms with Crippen LogP contribution < -0.4 is 16.4 Å². The molecule has 0 radical (unpaired) electrons. The molecule has 7 heteroatoms. The molecular weight excluding hydrogens is 238 g/mol. The van der Waals surface area contributed by atoms with E-state index in [0.29, 0.717) is 6.61 Å². The summed E-state index contributed by atoms with van der Waals surface area (Å²) in [4.78, 5) is 33.5. The number of urea groups is 1. The molecule has 18 heavy (non-hydrogen) atoms. The first-order chi connectivity index (χ1) is 8.38. The minimum Gasteiger partial charge on any atom is -0.466 e. The third-order valence-electron chi connectivity index (χ3n) is 2.18. The summed E-state index contributed by atoms with van der Waals surface area (Å²) in [6.45, 7) is 5.76. The van der Waals surface area contributed by atoms with Gasteiger partial charge < -0.3 is 21.1 Å². The Hall–Kier alpha value is -1.79. The molecule has 0 aromatic rings. The van der Waals surface area contributed by atoms with E-state index in [9.17, 15) is 14.4 Å². The van der Waals surface area contributed by atoms with E-state index in [1.54, 1.807) is 20.8 Å². The summed E-state index contributed by atoms with van der Waals surface area (Å²) in [5.74, 6) is -0.838.